The Kier molecular flexibility index (Phi) is 6.16. The monoisotopic (exact) mass is 496 g/mol. The Morgan fingerprint density at radius 2 is 1.88 bits per heavy atom. The van der Waals surface area contributed by atoms with Crippen molar-refractivity contribution < 1.29 is 9.53 Å². The zero-order valence-corrected chi connectivity index (χ0v) is 20.9. The van der Waals surface area contributed by atoms with Gasteiger partial charge in [0.15, 0.2) is 0 Å². The average Bonchev–Trinajstić information content (AvgIpc) is 3.09. The van der Waals surface area contributed by atoms with Gasteiger partial charge in [-0.05, 0) is 0 Å². The molecule has 1 aromatic heterocycles. The van der Waals surface area contributed by atoms with E-state index in [0.29, 0.717) is 39.6 Å². The van der Waals surface area contributed by atoms with Gasteiger partial charge in [-0.25, -0.2) is 0 Å². The third-order valence-electron chi connectivity index (χ3n) is 7.40. The zero-order valence-electron chi connectivity index (χ0n) is 19.2. The molecule has 5 rings (SSSR count). The van der Waals surface area contributed by atoms with E-state index in [1.165, 1.54) is 31.9 Å². The molecule has 0 unspecified atom stereocenters. The van der Waals surface area contributed by atoms with E-state index < -0.39 is 0 Å². The molecule has 2 aromatic carbocycles. The molecule has 0 saturated carbocycles. The first kappa shape index (κ1) is 21.8. The SMILES string of the molecule is CCOC(=O)[C@@H]1c2c(C)c3ccccc3n2[C@@H]2[C@@H](CC[Se]c3ccccc3)[C@H]1CCN2C. The summed E-state index contributed by atoms with van der Waals surface area (Å²) in [6.07, 6.45) is 2.51. The van der Waals surface area contributed by atoms with Gasteiger partial charge in [0.1, 0.15) is 0 Å². The summed E-state index contributed by atoms with van der Waals surface area (Å²) in [7, 11) is 2.26. The summed E-state index contributed by atoms with van der Waals surface area (Å²) < 4.78 is 9.63. The van der Waals surface area contributed by atoms with E-state index >= 15 is 0 Å². The molecule has 168 valence electrons. The fourth-order valence-corrected chi connectivity index (χ4v) is 8.13. The molecule has 4 atom stereocenters. The molecule has 0 amide bonds. The Hall–Kier alpha value is -2.07. The number of rotatable bonds is 6. The van der Waals surface area contributed by atoms with Crippen molar-refractivity contribution in [1.29, 1.82) is 0 Å². The van der Waals surface area contributed by atoms with Gasteiger partial charge in [0.25, 0.3) is 0 Å². The van der Waals surface area contributed by atoms with Crippen molar-refractivity contribution in [1.82, 2.24) is 9.47 Å². The van der Waals surface area contributed by atoms with Crippen LogP contribution < -0.4 is 4.46 Å². The number of nitrogens with zero attached hydrogens (tertiary/aromatic N) is 2. The number of likely N-dealkylation sites (tertiary alicyclic amines) is 1. The summed E-state index contributed by atoms with van der Waals surface area (Å²) >= 11 is 0.461. The van der Waals surface area contributed by atoms with E-state index in [1.54, 1.807) is 0 Å². The van der Waals surface area contributed by atoms with Crippen LogP contribution in [0.5, 0.6) is 0 Å². The van der Waals surface area contributed by atoms with E-state index in [1.807, 2.05) is 6.92 Å². The van der Waals surface area contributed by atoms with Crippen LogP contribution in [0.3, 0.4) is 0 Å². The summed E-state index contributed by atoms with van der Waals surface area (Å²) in [5.74, 6) is 0.599. The Morgan fingerprint density at radius 3 is 2.66 bits per heavy atom. The number of hydrogen-bond donors (Lipinski definition) is 0. The molecule has 0 N–H and O–H groups in total. The van der Waals surface area contributed by atoms with Crippen molar-refractivity contribution in [3.63, 3.8) is 0 Å². The van der Waals surface area contributed by atoms with Crippen LogP contribution in [0.4, 0.5) is 0 Å². The van der Waals surface area contributed by atoms with E-state index in [9.17, 15) is 4.79 Å². The predicted molar refractivity (Wildman–Crippen MR) is 131 cm³/mol. The first-order valence-corrected chi connectivity index (χ1v) is 13.8. The molecule has 3 heterocycles. The molecule has 0 aliphatic carbocycles. The van der Waals surface area contributed by atoms with Crippen molar-refractivity contribution in [3.05, 3.63) is 65.9 Å². The average molecular weight is 496 g/mol. The second-order valence-corrected chi connectivity index (χ2v) is 11.5. The van der Waals surface area contributed by atoms with Gasteiger partial charge in [0, 0.05) is 0 Å². The minimum absolute atomic E-state index is 0.0359. The number of piperidine rings is 1. The number of fused-ring (bicyclic) bond motifs is 6. The van der Waals surface area contributed by atoms with Crippen LogP contribution >= 0.6 is 0 Å². The number of hydrogen-bond acceptors (Lipinski definition) is 3. The van der Waals surface area contributed by atoms with Crippen LogP contribution in [0.25, 0.3) is 10.9 Å². The molecule has 1 saturated heterocycles. The first-order valence-electron chi connectivity index (χ1n) is 11.8. The number of carbonyl (C=O) groups is 1. The maximum atomic E-state index is 13.4. The summed E-state index contributed by atoms with van der Waals surface area (Å²) in [6, 6.07) is 19.5. The van der Waals surface area contributed by atoms with Crippen molar-refractivity contribution in [2.75, 3.05) is 20.2 Å². The molecular weight excluding hydrogens is 463 g/mol. The summed E-state index contributed by atoms with van der Waals surface area (Å²) in [5, 5.41) is 2.47. The van der Waals surface area contributed by atoms with Gasteiger partial charge < -0.3 is 0 Å². The topological polar surface area (TPSA) is 34.5 Å². The van der Waals surface area contributed by atoms with Gasteiger partial charge in [0.2, 0.25) is 0 Å². The molecule has 3 aromatic rings. The second-order valence-electron chi connectivity index (χ2n) is 9.09. The number of carbonyl (C=O) groups excluding carboxylic acids is 1. The van der Waals surface area contributed by atoms with Crippen LogP contribution in [-0.2, 0) is 9.53 Å². The summed E-state index contributed by atoms with van der Waals surface area (Å²) in [4.78, 5) is 15.9. The molecule has 1 fully saturated rings. The van der Waals surface area contributed by atoms with Gasteiger partial charge in [-0.15, -0.1) is 0 Å². The van der Waals surface area contributed by atoms with E-state index in [-0.39, 0.29) is 11.9 Å². The van der Waals surface area contributed by atoms with Crippen LogP contribution in [0.1, 0.15) is 43.1 Å². The minimum atomic E-state index is -0.165. The number of para-hydroxylation sites is 1. The Bertz CT molecular complexity index is 1110. The van der Waals surface area contributed by atoms with Crippen LogP contribution in [0, 0.1) is 18.8 Å². The van der Waals surface area contributed by atoms with Crippen LogP contribution in [0.15, 0.2) is 54.6 Å². The molecule has 0 spiro atoms. The predicted octanol–water partition coefficient (Wildman–Crippen LogP) is 4.51. The quantitative estimate of drug-likeness (QED) is 0.373. The summed E-state index contributed by atoms with van der Waals surface area (Å²) in [5.41, 5.74) is 3.69. The fraction of sp³-hybridized carbons (Fsp3) is 0.444. The zero-order chi connectivity index (χ0) is 22.2. The van der Waals surface area contributed by atoms with E-state index in [4.69, 9.17) is 4.74 Å². The number of aryl methyl sites for hydroxylation is 1. The molecule has 5 heteroatoms. The number of esters is 1. The first-order chi connectivity index (χ1) is 15.6. The van der Waals surface area contributed by atoms with Crippen molar-refractivity contribution in [2.24, 2.45) is 11.8 Å². The molecule has 2 aliphatic heterocycles. The van der Waals surface area contributed by atoms with Crippen molar-refractivity contribution in [3.8, 4) is 0 Å². The third-order valence-corrected chi connectivity index (χ3v) is 9.60. The van der Waals surface area contributed by atoms with Crippen molar-refractivity contribution >= 4 is 36.3 Å². The van der Waals surface area contributed by atoms with Crippen LogP contribution in [0.2, 0.25) is 5.32 Å². The molecule has 0 radical (unpaired) electrons. The van der Waals surface area contributed by atoms with Gasteiger partial charge in [-0.2, -0.15) is 0 Å². The normalized spacial score (nSPS) is 25.0. The summed E-state index contributed by atoms with van der Waals surface area (Å²) in [6.45, 7) is 5.57. The molecule has 2 bridgehead atoms. The van der Waals surface area contributed by atoms with Gasteiger partial charge in [-0.3, -0.25) is 0 Å². The van der Waals surface area contributed by atoms with Crippen LogP contribution in [-0.4, -0.2) is 50.6 Å². The standard InChI is InChI=1S/C27H32N2O2Se/c1-4-31-27(30)24-21-14-16-28(3)26(22(21)15-17-32-19-10-6-5-7-11-19)29-23-13-9-8-12-20(23)18(2)25(24)29/h5-13,21-22,24,26H,4,14-17H2,1-3H3/t21-,22+,24+,26-/m1/s1. The Morgan fingerprint density at radius 1 is 1.12 bits per heavy atom. The molecular formula is C27H32N2O2Se. The number of benzene rings is 2. The Labute approximate surface area is 197 Å². The van der Waals surface area contributed by atoms with E-state index in [2.05, 4.69) is 78.0 Å². The Balaban J connectivity index is 1.57. The maximum absolute atomic E-state index is 13.4. The fourth-order valence-electron chi connectivity index (χ4n) is 6.08. The van der Waals surface area contributed by atoms with Gasteiger partial charge >= 0.3 is 197 Å². The third kappa shape index (κ3) is 3.61. The molecule has 32 heavy (non-hydrogen) atoms. The van der Waals surface area contributed by atoms with Gasteiger partial charge in [0.05, 0.1) is 0 Å². The van der Waals surface area contributed by atoms with E-state index in [0.717, 1.165) is 19.4 Å². The van der Waals surface area contributed by atoms with Gasteiger partial charge in [-0.1, -0.05) is 0 Å². The number of aromatic nitrogens is 1. The number of ether oxygens (including phenoxy) is 1. The molecule has 4 nitrogen and oxygen atoms in total. The molecule has 2 aliphatic rings. The second kappa shape index (κ2) is 9.05. The van der Waals surface area contributed by atoms with Crippen molar-refractivity contribution in [2.45, 2.75) is 44.1 Å².